The van der Waals surface area contributed by atoms with Crippen molar-refractivity contribution in [1.29, 1.82) is 5.26 Å². The molecule has 0 spiro atoms. The highest BCUT2D eigenvalue weighted by Gasteiger charge is 2.36. The molecule has 6 heteroatoms. The molecule has 2 aromatic rings. The van der Waals surface area contributed by atoms with Gasteiger partial charge in [-0.05, 0) is 31.0 Å². The summed E-state index contributed by atoms with van der Waals surface area (Å²) in [6, 6.07) is 20.9. The van der Waals surface area contributed by atoms with Gasteiger partial charge in [-0.3, -0.25) is 10.2 Å². The number of para-hydroxylation sites is 1. The summed E-state index contributed by atoms with van der Waals surface area (Å²) in [5.41, 5.74) is 5.32. The van der Waals surface area contributed by atoms with E-state index in [4.69, 9.17) is 0 Å². The minimum atomic E-state index is -1.21. The number of rotatable bonds is 5. The van der Waals surface area contributed by atoms with Crippen LogP contribution in [0.1, 0.15) is 12.5 Å². The van der Waals surface area contributed by atoms with E-state index in [2.05, 4.69) is 10.5 Å². The van der Waals surface area contributed by atoms with Crippen LogP contribution in [0, 0.1) is 11.3 Å². The molecule has 27 heavy (non-hydrogen) atoms. The third kappa shape index (κ3) is 4.05. The molecule has 2 N–H and O–H groups in total. The normalized spacial score (nSPS) is 18.6. The van der Waals surface area contributed by atoms with Crippen LogP contribution in [0.4, 0.5) is 5.69 Å². The number of nitrogens with one attached hydrogen (secondary N) is 1. The maximum atomic E-state index is 12.6. The maximum absolute atomic E-state index is 12.6. The van der Waals surface area contributed by atoms with Crippen LogP contribution in [0.3, 0.4) is 0 Å². The third-order valence-corrected chi connectivity index (χ3v) is 4.45. The van der Waals surface area contributed by atoms with Gasteiger partial charge in [0.15, 0.2) is 6.23 Å². The van der Waals surface area contributed by atoms with E-state index in [1.807, 2.05) is 66.7 Å². The first-order valence-corrected chi connectivity index (χ1v) is 8.64. The Morgan fingerprint density at radius 2 is 1.78 bits per heavy atom. The van der Waals surface area contributed by atoms with Gasteiger partial charge in [0.2, 0.25) is 0 Å². The zero-order valence-corrected chi connectivity index (χ0v) is 15.0. The molecular formula is C21H20N4O2. The monoisotopic (exact) mass is 360 g/mol. The molecule has 3 rings (SSSR count). The van der Waals surface area contributed by atoms with Crippen LogP contribution in [-0.2, 0) is 11.2 Å². The van der Waals surface area contributed by atoms with E-state index in [0.717, 1.165) is 11.3 Å². The van der Waals surface area contributed by atoms with E-state index in [0.29, 0.717) is 12.0 Å². The summed E-state index contributed by atoms with van der Waals surface area (Å²) in [4.78, 5) is 13.9. The van der Waals surface area contributed by atoms with E-state index >= 15 is 0 Å². The summed E-state index contributed by atoms with van der Waals surface area (Å²) in [6.07, 6.45) is -0.643. The lowest BCUT2D eigenvalue weighted by Gasteiger charge is -2.33. The molecule has 0 aliphatic carbocycles. The highest BCUT2D eigenvalue weighted by atomic mass is 16.3. The molecule has 1 amide bonds. The number of benzene rings is 2. The number of nitrogens with zero attached hydrogens (tertiary/aromatic N) is 3. The highest BCUT2D eigenvalue weighted by molar-refractivity contribution is 6.16. The molecule has 1 unspecified atom stereocenters. The predicted octanol–water partition coefficient (Wildman–Crippen LogP) is 2.70. The minimum Gasteiger partial charge on any atom is -0.368 e. The summed E-state index contributed by atoms with van der Waals surface area (Å²) in [6.45, 7) is 1.91. The Morgan fingerprint density at radius 3 is 2.41 bits per heavy atom. The van der Waals surface area contributed by atoms with E-state index in [9.17, 15) is 15.2 Å². The van der Waals surface area contributed by atoms with Crippen LogP contribution in [0.25, 0.3) is 0 Å². The Morgan fingerprint density at radius 1 is 1.15 bits per heavy atom. The molecular weight excluding hydrogens is 340 g/mol. The summed E-state index contributed by atoms with van der Waals surface area (Å²) in [5, 5.41) is 24.4. The molecule has 2 aromatic carbocycles. The Hall–Kier alpha value is -3.43. The van der Waals surface area contributed by atoms with Crippen LogP contribution in [0.15, 0.2) is 76.9 Å². The zero-order chi connectivity index (χ0) is 19.2. The summed E-state index contributed by atoms with van der Waals surface area (Å²) in [5.74, 6) is -0.475. The van der Waals surface area contributed by atoms with E-state index in [-0.39, 0.29) is 17.8 Å². The molecule has 1 aliphatic heterocycles. The van der Waals surface area contributed by atoms with Crippen molar-refractivity contribution in [2.75, 3.05) is 12.0 Å². The average Bonchev–Trinajstić information content (AvgIpc) is 2.69. The van der Waals surface area contributed by atoms with Crippen molar-refractivity contribution in [3.05, 3.63) is 77.4 Å². The van der Waals surface area contributed by atoms with Gasteiger partial charge < -0.3 is 10.0 Å². The van der Waals surface area contributed by atoms with Crippen molar-refractivity contribution in [2.24, 2.45) is 5.10 Å². The Bertz CT molecular complexity index is 914. The topological polar surface area (TPSA) is 88.7 Å². The van der Waals surface area contributed by atoms with Gasteiger partial charge in [0.1, 0.15) is 17.4 Å². The molecule has 0 saturated heterocycles. The van der Waals surface area contributed by atoms with E-state index in [1.54, 1.807) is 6.92 Å². The first-order valence-electron chi connectivity index (χ1n) is 8.64. The van der Waals surface area contributed by atoms with Crippen LogP contribution in [-0.4, -0.2) is 34.4 Å². The molecule has 0 aromatic heterocycles. The van der Waals surface area contributed by atoms with Crippen molar-refractivity contribution in [1.82, 2.24) is 4.90 Å². The first-order chi connectivity index (χ1) is 13.1. The SMILES string of the molecule is CC1=C(C#N)C(=O)N(CCc2ccccc2)C(O)/C1=N\Nc1ccccc1. The van der Waals surface area contributed by atoms with Crippen LogP contribution < -0.4 is 5.43 Å². The molecule has 0 saturated carbocycles. The van der Waals surface area contributed by atoms with E-state index in [1.165, 1.54) is 4.90 Å². The zero-order valence-electron chi connectivity index (χ0n) is 15.0. The molecule has 0 fully saturated rings. The number of nitriles is 1. The number of aliphatic hydroxyl groups excluding tert-OH is 1. The standard InChI is InChI=1S/C21H20N4O2/c1-15-18(14-22)20(26)25(13-12-16-8-4-2-5-9-16)21(27)19(15)24-23-17-10-6-3-7-11-17/h2-11,21,23,27H,12-13H2,1H3/b24-19-. The smallest absolute Gasteiger partial charge is 0.267 e. The Labute approximate surface area is 158 Å². The number of amides is 1. The van der Waals surface area contributed by atoms with Crippen molar-refractivity contribution in [2.45, 2.75) is 19.6 Å². The van der Waals surface area contributed by atoms with Crippen molar-refractivity contribution >= 4 is 17.3 Å². The molecule has 6 nitrogen and oxygen atoms in total. The lowest BCUT2D eigenvalue weighted by molar-refractivity contribution is -0.133. The number of anilines is 1. The molecule has 0 radical (unpaired) electrons. The number of aliphatic hydroxyl groups is 1. The van der Waals surface area contributed by atoms with Gasteiger partial charge in [-0.2, -0.15) is 10.4 Å². The number of hydrazone groups is 1. The van der Waals surface area contributed by atoms with Crippen LogP contribution in [0.5, 0.6) is 0 Å². The van der Waals surface area contributed by atoms with Crippen LogP contribution >= 0.6 is 0 Å². The maximum Gasteiger partial charge on any atom is 0.267 e. The van der Waals surface area contributed by atoms with Gasteiger partial charge in [-0.15, -0.1) is 0 Å². The van der Waals surface area contributed by atoms with Crippen LogP contribution in [0.2, 0.25) is 0 Å². The average molecular weight is 360 g/mol. The fourth-order valence-corrected chi connectivity index (χ4v) is 2.91. The Balaban J connectivity index is 1.85. The lowest BCUT2D eigenvalue weighted by Crippen LogP contribution is -2.51. The summed E-state index contributed by atoms with van der Waals surface area (Å²) >= 11 is 0. The minimum absolute atomic E-state index is 0.00183. The second-order valence-corrected chi connectivity index (χ2v) is 6.19. The fourth-order valence-electron chi connectivity index (χ4n) is 2.91. The quantitative estimate of drug-likeness (QED) is 0.803. The number of hydrogen-bond acceptors (Lipinski definition) is 5. The largest absolute Gasteiger partial charge is 0.368 e. The first kappa shape index (κ1) is 18.4. The third-order valence-electron chi connectivity index (χ3n) is 4.45. The number of carbonyl (C=O) groups excluding carboxylic acids is 1. The van der Waals surface area contributed by atoms with Gasteiger partial charge in [0.05, 0.1) is 5.69 Å². The molecule has 1 atom stereocenters. The molecule has 0 bridgehead atoms. The summed E-state index contributed by atoms with van der Waals surface area (Å²) in [7, 11) is 0. The second-order valence-electron chi connectivity index (χ2n) is 6.19. The molecule has 1 aliphatic rings. The fraction of sp³-hybridized carbons (Fsp3) is 0.190. The summed E-state index contributed by atoms with van der Waals surface area (Å²) < 4.78 is 0. The highest BCUT2D eigenvalue weighted by Crippen LogP contribution is 2.22. The second kappa shape index (κ2) is 8.30. The van der Waals surface area contributed by atoms with Crippen molar-refractivity contribution < 1.29 is 9.90 Å². The van der Waals surface area contributed by atoms with Gasteiger partial charge >= 0.3 is 0 Å². The van der Waals surface area contributed by atoms with Gasteiger partial charge in [0.25, 0.3) is 5.91 Å². The van der Waals surface area contributed by atoms with Gasteiger partial charge in [-0.25, -0.2) is 0 Å². The lowest BCUT2D eigenvalue weighted by atomic mass is 9.97. The van der Waals surface area contributed by atoms with E-state index < -0.39 is 12.1 Å². The Kier molecular flexibility index (Phi) is 5.64. The van der Waals surface area contributed by atoms with Gasteiger partial charge in [-0.1, -0.05) is 48.5 Å². The van der Waals surface area contributed by atoms with Gasteiger partial charge in [0, 0.05) is 12.1 Å². The van der Waals surface area contributed by atoms with Crippen molar-refractivity contribution in [3.63, 3.8) is 0 Å². The number of carbonyl (C=O) groups is 1. The predicted molar refractivity (Wildman–Crippen MR) is 104 cm³/mol. The number of hydrogen-bond donors (Lipinski definition) is 2. The molecule has 1 heterocycles. The van der Waals surface area contributed by atoms with Crippen molar-refractivity contribution in [3.8, 4) is 6.07 Å². The molecule has 136 valence electrons.